The number of fused-ring (bicyclic) bond motifs is 3. The predicted molar refractivity (Wildman–Crippen MR) is 128 cm³/mol. The molecule has 8 heteroatoms. The zero-order valence-corrected chi connectivity index (χ0v) is 19.6. The van der Waals surface area contributed by atoms with Crippen LogP contribution in [0.25, 0.3) is 11.1 Å². The molecule has 5 rings (SSSR count). The van der Waals surface area contributed by atoms with E-state index in [4.69, 9.17) is 4.74 Å². The van der Waals surface area contributed by atoms with E-state index in [2.05, 4.69) is 22.8 Å². The minimum atomic E-state index is -1.46. The Balaban J connectivity index is 1.29. The fourth-order valence-corrected chi connectivity index (χ4v) is 6.06. The van der Waals surface area contributed by atoms with Gasteiger partial charge < -0.3 is 25.6 Å². The van der Waals surface area contributed by atoms with Crippen molar-refractivity contribution in [1.82, 2.24) is 10.6 Å². The van der Waals surface area contributed by atoms with Crippen LogP contribution in [0, 0.1) is 5.41 Å². The van der Waals surface area contributed by atoms with E-state index in [1.54, 1.807) is 0 Å². The zero-order chi connectivity index (χ0) is 24.8. The maximum absolute atomic E-state index is 13.2. The van der Waals surface area contributed by atoms with Gasteiger partial charge in [-0.25, -0.2) is 9.59 Å². The molecule has 0 aromatic heterocycles. The number of hydrogen-bond donors (Lipinski definition) is 4. The van der Waals surface area contributed by atoms with Crippen LogP contribution in [0.3, 0.4) is 0 Å². The standard InChI is InChI=1S/C27H30N2O6/c1-16(30)22(23(31)32)28-24(33)27(14-26(15-27)11-6-12-26)29-25(34)35-13-21-19-9-4-2-7-17(19)18-8-3-5-10-20(18)21/h2-5,7-10,16,21-22,30H,6,11-15H2,1H3,(H,28,33)(H,29,34)(H,31,32)/t16-,22+/m1/s1. The van der Waals surface area contributed by atoms with Crippen LogP contribution in [0.4, 0.5) is 4.79 Å². The van der Waals surface area contributed by atoms with Crippen molar-refractivity contribution >= 4 is 18.0 Å². The quantitative estimate of drug-likeness (QED) is 0.484. The van der Waals surface area contributed by atoms with E-state index in [1.165, 1.54) is 6.92 Å². The number of benzene rings is 2. The number of carbonyl (C=O) groups is 3. The van der Waals surface area contributed by atoms with Gasteiger partial charge in [0.1, 0.15) is 12.1 Å². The second kappa shape index (κ2) is 8.68. The highest BCUT2D eigenvalue weighted by molar-refractivity contribution is 5.94. The first-order chi connectivity index (χ1) is 16.7. The first-order valence-corrected chi connectivity index (χ1v) is 12.1. The molecule has 0 aliphatic heterocycles. The van der Waals surface area contributed by atoms with Crippen LogP contribution < -0.4 is 10.6 Å². The maximum atomic E-state index is 13.2. The van der Waals surface area contributed by atoms with Crippen molar-refractivity contribution in [3.63, 3.8) is 0 Å². The van der Waals surface area contributed by atoms with E-state index in [0.717, 1.165) is 41.5 Å². The molecular formula is C27H30N2O6. The van der Waals surface area contributed by atoms with E-state index < -0.39 is 35.7 Å². The van der Waals surface area contributed by atoms with Gasteiger partial charge in [0.05, 0.1) is 6.10 Å². The molecule has 0 radical (unpaired) electrons. The molecule has 0 bridgehead atoms. The minimum Gasteiger partial charge on any atom is -0.480 e. The number of hydrogen-bond acceptors (Lipinski definition) is 5. The summed E-state index contributed by atoms with van der Waals surface area (Å²) in [7, 11) is 0. The number of aliphatic carboxylic acids is 1. The summed E-state index contributed by atoms with van der Waals surface area (Å²) < 4.78 is 5.65. The third-order valence-corrected chi connectivity index (χ3v) is 7.92. The first-order valence-electron chi connectivity index (χ1n) is 12.1. The summed E-state index contributed by atoms with van der Waals surface area (Å²) in [6.07, 6.45) is 1.92. The molecule has 3 aliphatic carbocycles. The van der Waals surface area contributed by atoms with E-state index in [-0.39, 0.29) is 17.9 Å². The van der Waals surface area contributed by atoms with Crippen molar-refractivity contribution in [2.75, 3.05) is 6.61 Å². The Hall–Kier alpha value is -3.39. The lowest BCUT2D eigenvalue weighted by Gasteiger charge is -2.59. The van der Waals surface area contributed by atoms with Crippen molar-refractivity contribution in [3.8, 4) is 11.1 Å². The van der Waals surface area contributed by atoms with Crippen LogP contribution >= 0.6 is 0 Å². The third-order valence-electron chi connectivity index (χ3n) is 7.92. The Bertz CT molecular complexity index is 1120. The number of aliphatic hydroxyl groups is 1. The molecule has 4 N–H and O–H groups in total. The second-order valence-corrected chi connectivity index (χ2v) is 10.3. The Morgan fingerprint density at radius 2 is 1.60 bits per heavy atom. The topological polar surface area (TPSA) is 125 Å². The summed E-state index contributed by atoms with van der Waals surface area (Å²) in [5.74, 6) is -2.04. The molecule has 8 nitrogen and oxygen atoms in total. The molecule has 2 amide bonds. The number of carboxylic acid groups (broad SMARTS) is 1. The lowest BCUT2D eigenvalue weighted by molar-refractivity contribution is -0.152. The molecule has 2 atom stereocenters. The number of alkyl carbamates (subject to hydrolysis) is 1. The zero-order valence-electron chi connectivity index (χ0n) is 19.6. The van der Waals surface area contributed by atoms with Crippen molar-refractivity contribution in [1.29, 1.82) is 0 Å². The fraction of sp³-hybridized carbons (Fsp3) is 0.444. The van der Waals surface area contributed by atoms with Crippen molar-refractivity contribution in [2.45, 2.75) is 62.6 Å². The number of rotatable bonds is 7. The van der Waals surface area contributed by atoms with Crippen LogP contribution in [0.5, 0.6) is 0 Å². The van der Waals surface area contributed by atoms with Gasteiger partial charge in [0.25, 0.3) is 0 Å². The molecule has 184 valence electrons. The molecule has 1 spiro atoms. The summed E-state index contributed by atoms with van der Waals surface area (Å²) in [5, 5.41) is 24.3. The lowest BCUT2D eigenvalue weighted by Crippen LogP contribution is -2.72. The average Bonchev–Trinajstić information content (AvgIpc) is 3.10. The second-order valence-electron chi connectivity index (χ2n) is 10.3. The Morgan fingerprint density at radius 1 is 1.03 bits per heavy atom. The monoisotopic (exact) mass is 478 g/mol. The molecular weight excluding hydrogens is 448 g/mol. The lowest BCUT2D eigenvalue weighted by atomic mass is 9.48. The van der Waals surface area contributed by atoms with Crippen molar-refractivity contribution in [2.24, 2.45) is 5.41 Å². The Kier molecular flexibility index (Phi) is 5.79. The van der Waals surface area contributed by atoms with Gasteiger partial charge in [-0.3, -0.25) is 4.79 Å². The van der Waals surface area contributed by atoms with Gasteiger partial charge in [-0.1, -0.05) is 55.0 Å². The van der Waals surface area contributed by atoms with E-state index in [1.807, 2.05) is 36.4 Å². The summed E-state index contributed by atoms with van der Waals surface area (Å²) in [6, 6.07) is 14.6. The number of ether oxygens (including phenoxy) is 1. The first kappa shape index (κ1) is 23.4. The van der Waals surface area contributed by atoms with E-state index >= 15 is 0 Å². The van der Waals surface area contributed by atoms with Crippen LogP contribution in [-0.2, 0) is 14.3 Å². The molecule has 35 heavy (non-hydrogen) atoms. The van der Waals surface area contributed by atoms with Crippen LogP contribution in [0.1, 0.15) is 56.1 Å². The van der Waals surface area contributed by atoms with Crippen LogP contribution in [-0.4, -0.2) is 52.5 Å². The summed E-state index contributed by atoms with van der Waals surface area (Å²) >= 11 is 0. The van der Waals surface area contributed by atoms with Gasteiger partial charge in [0.2, 0.25) is 5.91 Å². The highest BCUT2D eigenvalue weighted by atomic mass is 16.5. The number of aliphatic hydroxyl groups excluding tert-OH is 1. The molecule has 3 aliphatic rings. The SMILES string of the molecule is C[C@@H](O)[C@H](NC(=O)C1(NC(=O)OCC2c3ccccc3-c3ccccc32)CC2(CCC2)C1)C(=O)O. The van der Waals surface area contributed by atoms with Gasteiger partial charge in [-0.05, 0) is 60.3 Å². The van der Waals surface area contributed by atoms with Gasteiger partial charge in [0, 0.05) is 5.92 Å². The number of carboxylic acids is 1. The molecule has 2 aromatic carbocycles. The molecule has 0 heterocycles. The summed E-state index contributed by atoms with van der Waals surface area (Å²) in [4.78, 5) is 37.6. The fourth-order valence-electron chi connectivity index (χ4n) is 6.06. The van der Waals surface area contributed by atoms with Gasteiger partial charge >= 0.3 is 12.1 Å². The normalized spacial score (nSPS) is 20.4. The van der Waals surface area contributed by atoms with Crippen molar-refractivity contribution in [3.05, 3.63) is 59.7 Å². The van der Waals surface area contributed by atoms with Crippen molar-refractivity contribution < 1.29 is 29.3 Å². The van der Waals surface area contributed by atoms with E-state index in [9.17, 15) is 24.6 Å². The average molecular weight is 479 g/mol. The molecule has 2 saturated carbocycles. The number of nitrogens with one attached hydrogen (secondary N) is 2. The molecule has 2 fully saturated rings. The molecule has 2 aromatic rings. The largest absolute Gasteiger partial charge is 0.480 e. The Labute approximate surface area is 203 Å². The summed E-state index contributed by atoms with van der Waals surface area (Å²) in [5.41, 5.74) is 3.19. The van der Waals surface area contributed by atoms with Gasteiger partial charge in [0.15, 0.2) is 6.04 Å². The Morgan fingerprint density at radius 3 is 2.09 bits per heavy atom. The third kappa shape index (κ3) is 4.05. The van der Waals surface area contributed by atoms with Crippen LogP contribution in [0.2, 0.25) is 0 Å². The smallest absolute Gasteiger partial charge is 0.408 e. The minimum absolute atomic E-state index is 0.0114. The molecule has 0 unspecified atom stereocenters. The predicted octanol–water partition coefficient (Wildman–Crippen LogP) is 3.18. The maximum Gasteiger partial charge on any atom is 0.408 e. The highest BCUT2D eigenvalue weighted by Crippen LogP contribution is 2.60. The molecule has 0 saturated heterocycles. The van der Waals surface area contributed by atoms with Gasteiger partial charge in [-0.15, -0.1) is 0 Å². The van der Waals surface area contributed by atoms with Crippen LogP contribution in [0.15, 0.2) is 48.5 Å². The number of amides is 2. The summed E-state index contributed by atoms with van der Waals surface area (Å²) in [6.45, 7) is 1.42. The number of carbonyl (C=O) groups excluding carboxylic acids is 2. The highest BCUT2D eigenvalue weighted by Gasteiger charge is 2.62. The van der Waals surface area contributed by atoms with Gasteiger partial charge in [-0.2, -0.15) is 0 Å². The van der Waals surface area contributed by atoms with E-state index in [0.29, 0.717) is 12.8 Å².